The summed E-state index contributed by atoms with van der Waals surface area (Å²) < 4.78 is 15.6. The molecule has 37 valence electrons. The summed E-state index contributed by atoms with van der Waals surface area (Å²) in [7, 11) is 5.04. The van der Waals surface area contributed by atoms with Gasteiger partial charge in [-0.05, 0) is 13.8 Å². The molecule has 0 aliphatic rings. The maximum atomic E-state index is 11.4. The van der Waals surface area contributed by atoms with Crippen molar-refractivity contribution >= 4 is 15.6 Å². The summed E-state index contributed by atoms with van der Waals surface area (Å²) in [4.78, 5) is 0. The molecule has 3 radical (unpaired) electrons. The molecule has 0 atom stereocenters. The number of hydrogen-bond acceptors (Lipinski definition) is 1. The Morgan fingerprint density at radius 3 is 2.14 bits per heavy atom. The van der Waals surface area contributed by atoms with Crippen LogP contribution in [0.5, 0.6) is 0 Å². The first-order chi connectivity index (χ1) is 3.12. The van der Waals surface area contributed by atoms with E-state index >= 15 is 0 Å². The summed E-state index contributed by atoms with van der Waals surface area (Å²) in [6.45, 7) is 3.04. The molecule has 1 nitrogen and oxygen atoms in total. The van der Waals surface area contributed by atoms with Crippen molar-refractivity contribution in [1.29, 1.82) is 0 Å². The minimum atomic E-state index is -0.931. The third-order valence-electron chi connectivity index (χ3n) is 0.567. The Labute approximate surface area is 45.0 Å². The number of hydrogen-bond donors (Lipinski definition) is 0. The normalized spacial score (nSPS) is 11.3. The van der Waals surface area contributed by atoms with Gasteiger partial charge in [-0.1, -0.05) is 0 Å². The molecule has 0 saturated heterocycles. The zero-order chi connectivity index (χ0) is 5.91. The second kappa shape index (κ2) is 2.36. The van der Waals surface area contributed by atoms with Gasteiger partial charge in [-0.15, -0.1) is 0 Å². The minimum absolute atomic E-state index is 0.396. The highest BCUT2D eigenvalue weighted by Crippen LogP contribution is 2.02. The van der Waals surface area contributed by atoms with Crippen LogP contribution in [0.4, 0.5) is 4.32 Å². The van der Waals surface area contributed by atoms with Gasteiger partial charge in [0.1, 0.15) is 0 Å². The molecule has 0 amide bonds. The zero-order valence-electron chi connectivity index (χ0n) is 4.44. The van der Waals surface area contributed by atoms with E-state index in [4.69, 9.17) is 0 Å². The standard InChI is InChI=1S/C3H6B2FO/c1-3(2,5-6)7-4/h1-2H3. The monoisotopic (exact) mass is 99.1 g/mol. The molecule has 7 heavy (non-hydrogen) atoms. The Kier molecular flexibility index (Phi) is 2.37. The highest BCUT2D eigenvalue weighted by molar-refractivity contribution is 6.31. The van der Waals surface area contributed by atoms with Crippen LogP contribution >= 0.6 is 0 Å². The summed E-state index contributed by atoms with van der Waals surface area (Å²) in [5.41, 5.74) is -0.931. The maximum Gasteiger partial charge on any atom is 0.387 e. The number of halogens is 1. The first-order valence-electron chi connectivity index (χ1n) is 1.95. The molecule has 0 aromatic rings. The van der Waals surface area contributed by atoms with Gasteiger partial charge in [-0.2, -0.15) is 0 Å². The van der Waals surface area contributed by atoms with Gasteiger partial charge in [-0.3, -0.25) is 0 Å². The lowest BCUT2D eigenvalue weighted by molar-refractivity contribution is 0.206. The number of rotatable bonds is 2. The topological polar surface area (TPSA) is 9.23 Å². The fourth-order valence-corrected chi connectivity index (χ4v) is 0.0257. The van der Waals surface area contributed by atoms with Crippen LogP contribution < -0.4 is 0 Å². The quantitative estimate of drug-likeness (QED) is 0.455. The molecule has 0 rings (SSSR count). The van der Waals surface area contributed by atoms with Crippen molar-refractivity contribution in [2.45, 2.75) is 19.3 Å². The van der Waals surface area contributed by atoms with Crippen LogP contribution in [0.2, 0.25) is 0 Å². The van der Waals surface area contributed by atoms with Gasteiger partial charge in [0.15, 0.2) is 0 Å². The minimum Gasteiger partial charge on any atom is -0.447 e. The van der Waals surface area contributed by atoms with Gasteiger partial charge < -0.3 is 8.97 Å². The van der Waals surface area contributed by atoms with Gasteiger partial charge in [0.05, 0.1) is 5.50 Å². The average molecular weight is 98.7 g/mol. The lowest BCUT2D eigenvalue weighted by Gasteiger charge is -2.16. The molecule has 0 aliphatic carbocycles. The van der Waals surface area contributed by atoms with Crippen molar-refractivity contribution in [1.82, 2.24) is 0 Å². The highest BCUT2D eigenvalue weighted by atomic mass is 19.1. The van der Waals surface area contributed by atoms with E-state index in [1.807, 2.05) is 0 Å². The predicted octanol–water partition coefficient (Wildman–Crippen LogP) is 0.411. The molecular weight excluding hydrogens is 92.7 g/mol. The summed E-state index contributed by atoms with van der Waals surface area (Å²) >= 11 is 0. The van der Waals surface area contributed by atoms with E-state index in [2.05, 4.69) is 12.7 Å². The van der Waals surface area contributed by atoms with E-state index < -0.39 is 5.50 Å². The highest BCUT2D eigenvalue weighted by Gasteiger charge is 2.17. The Hall–Kier alpha value is 0.0199. The van der Waals surface area contributed by atoms with Gasteiger partial charge in [0, 0.05) is 0 Å². The molecule has 0 saturated carbocycles. The average Bonchev–Trinajstić information content (AvgIpc) is 1.68. The van der Waals surface area contributed by atoms with E-state index in [1.165, 1.54) is 13.8 Å². The summed E-state index contributed by atoms with van der Waals surface area (Å²) in [5.74, 6) is 0. The van der Waals surface area contributed by atoms with Gasteiger partial charge >= 0.3 is 7.56 Å². The van der Waals surface area contributed by atoms with Gasteiger partial charge in [0.25, 0.3) is 8.05 Å². The third-order valence-corrected chi connectivity index (χ3v) is 0.567. The lowest BCUT2D eigenvalue weighted by Crippen LogP contribution is -2.28. The van der Waals surface area contributed by atoms with Crippen LogP contribution in [0.3, 0.4) is 0 Å². The summed E-state index contributed by atoms with van der Waals surface area (Å²) in [6, 6.07) is 0. The SMILES string of the molecule is [B]OC(C)(C)[B]F. The fraction of sp³-hybridized carbons (Fsp3) is 1.00. The van der Waals surface area contributed by atoms with Crippen LogP contribution in [0, 0.1) is 0 Å². The lowest BCUT2D eigenvalue weighted by atomic mass is 9.80. The van der Waals surface area contributed by atoms with Crippen LogP contribution in [-0.2, 0) is 4.65 Å². The fourth-order valence-electron chi connectivity index (χ4n) is 0.0257. The van der Waals surface area contributed by atoms with Crippen LogP contribution in [0.25, 0.3) is 0 Å². The van der Waals surface area contributed by atoms with Crippen LogP contribution in [-0.4, -0.2) is 21.1 Å². The van der Waals surface area contributed by atoms with Crippen molar-refractivity contribution in [3.8, 4) is 0 Å². The van der Waals surface area contributed by atoms with E-state index in [9.17, 15) is 4.32 Å². The molecular formula is C3H6B2FO. The molecule has 0 aromatic carbocycles. The predicted molar refractivity (Wildman–Crippen MR) is 27.8 cm³/mol. The Bertz CT molecular complexity index is 50.9. The summed E-state index contributed by atoms with van der Waals surface area (Å²) in [6.07, 6.45) is 0. The molecule has 0 unspecified atom stereocenters. The molecule has 0 N–H and O–H groups in total. The van der Waals surface area contributed by atoms with E-state index in [0.29, 0.717) is 7.56 Å². The molecule has 0 aromatic heterocycles. The van der Waals surface area contributed by atoms with Crippen LogP contribution in [0.1, 0.15) is 13.8 Å². The molecule has 0 fully saturated rings. The molecule has 0 heterocycles. The Morgan fingerprint density at radius 1 is 1.71 bits per heavy atom. The molecule has 4 heteroatoms. The smallest absolute Gasteiger partial charge is 0.387 e. The van der Waals surface area contributed by atoms with Crippen LogP contribution in [0.15, 0.2) is 0 Å². The molecule has 0 bridgehead atoms. The van der Waals surface area contributed by atoms with E-state index in [0.717, 1.165) is 0 Å². The summed E-state index contributed by atoms with van der Waals surface area (Å²) in [5, 5.41) is 0. The molecule has 0 aliphatic heterocycles. The largest absolute Gasteiger partial charge is 0.447 e. The maximum absolute atomic E-state index is 11.4. The Morgan fingerprint density at radius 2 is 2.14 bits per heavy atom. The van der Waals surface area contributed by atoms with Crippen molar-refractivity contribution in [3.05, 3.63) is 0 Å². The van der Waals surface area contributed by atoms with Crippen molar-refractivity contribution in [2.24, 2.45) is 0 Å². The van der Waals surface area contributed by atoms with E-state index in [-0.39, 0.29) is 0 Å². The van der Waals surface area contributed by atoms with Gasteiger partial charge in [-0.25, -0.2) is 0 Å². The van der Waals surface area contributed by atoms with Crippen molar-refractivity contribution in [3.63, 3.8) is 0 Å². The second-order valence-corrected chi connectivity index (χ2v) is 1.83. The zero-order valence-corrected chi connectivity index (χ0v) is 4.44. The first-order valence-corrected chi connectivity index (χ1v) is 1.95. The second-order valence-electron chi connectivity index (χ2n) is 1.83. The Balaban J connectivity index is 3.36. The molecule has 0 spiro atoms. The van der Waals surface area contributed by atoms with Crippen molar-refractivity contribution < 1.29 is 8.97 Å². The third kappa shape index (κ3) is 2.68. The van der Waals surface area contributed by atoms with Gasteiger partial charge in [0.2, 0.25) is 0 Å². The first kappa shape index (κ1) is 7.02. The van der Waals surface area contributed by atoms with Crippen molar-refractivity contribution in [2.75, 3.05) is 0 Å². The van der Waals surface area contributed by atoms with E-state index in [1.54, 1.807) is 0 Å².